The van der Waals surface area contributed by atoms with Gasteiger partial charge in [-0.2, -0.15) is 0 Å². The second-order valence-corrected chi connectivity index (χ2v) is 3.75. The fourth-order valence-electron chi connectivity index (χ4n) is 1.52. The lowest BCUT2D eigenvalue weighted by Gasteiger charge is -2.16. The maximum atomic E-state index is 11.3. The normalized spacial score (nSPS) is 12.2. The van der Waals surface area contributed by atoms with Gasteiger partial charge >= 0.3 is 0 Å². The molecule has 3 heteroatoms. The molecule has 0 saturated heterocycles. The third-order valence-corrected chi connectivity index (χ3v) is 2.63. The maximum Gasteiger partial charge on any atom is 0.220 e. The molecule has 1 amide bonds. The van der Waals surface area contributed by atoms with Crippen LogP contribution in [0.5, 0.6) is 0 Å². The Hall–Kier alpha value is -1.35. The molecule has 0 bridgehead atoms. The monoisotopic (exact) mass is 221 g/mol. The van der Waals surface area contributed by atoms with E-state index < -0.39 is 0 Å². The average molecular weight is 221 g/mol. The Morgan fingerprint density at radius 3 is 2.38 bits per heavy atom. The summed E-state index contributed by atoms with van der Waals surface area (Å²) < 4.78 is 0. The number of hydrogen-bond donors (Lipinski definition) is 2. The first-order valence-electron chi connectivity index (χ1n) is 5.70. The van der Waals surface area contributed by atoms with Crippen LogP contribution in [0.25, 0.3) is 0 Å². The number of carbonyl (C=O) groups excluding carboxylic acids is 1. The van der Waals surface area contributed by atoms with Crippen molar-refractivity contribution in [1.82, 2.24) is 5.32 Å². The minimum atomic E-state index is -0.293. The number of aliphatic hydroxyl groups excluding tert-OH is 1. The van der Waals surface area contributed by atoms with Crippen LogP contribution in [0.3, 0.4) is 0 Å². The van der Waals surface area contributed by atoms with Crippen molar-refractivity contribution in [2.24, 2.45) is 0 Å². The Kier molecular flexibility index (Phi) is 4.99. The van der Waals surface area contributed by atoms with Crippen LogP contribution in [0.4, 0.5) is 0 Å². The summed E-state index contributed by atoms with van der Waals surface area (Å²) in [5.74, 6) is -0.0429. The van der Waals surface area contributed by atoms with Crippen LogP contribution < -0.4 is 5.32 Å². The molecule has 0 aliphatic rings. The van der Waals surface area contributed by atoms with Crippen molar-refractivity contribution < 1.29 is 9.90 Å². The van der Waals surface area contributed by atoms with Crippen LogP contribution >= 0.6 is 0 Å². The molecule has 1 aromatic rings. The zero-order valence-electron chi connectivity index (χ0n) is 9.86. The SMILES string of the molecule is CCC(=O)NC(CO)c1ccc(CC)cc1. The lowest BCUT2D eigenvalue weighted by Crippen LogP contribution is -2.30. The van der Waals surface area contributed by atoms with E-state index in [1.165, 1.54) is 5.56 Å². The summed E-state index contributed by atoms with van der Waals surface area (Å²) in [6, 6.07) is 7.66. The van der Waals surface area contributed by atoms with Gasteiger partial charge in [-0.05, 0) is 17.5 Å². The van der Waals surface area contributed by atoms with Crippen LogP contribution in [0.15, 0.2) is 24.3 Å². The van der Waals surface area contributed by atoms with E-state index in [9.17, 15) is 9.90 Å². The summed E-state index contributed by atoms with van der Waals surface area (Å²) in [5, 5.41) is 12.0. The van der Waals surface area contributed by atoms with Gasteiger partial charge in [0.1, 0.15) is 0 Å². The Labute approximate surface area is 96.5 Å². The first kappa shape index (κ1) is 12.7. The molecule has 2 N–H and O–H groups in total. The van der Waals surface area contributed by atoms with E-state index in [1.54, 1.807) is 6.92 Å². The number of nitrogens with one attached hydrogen (secondary N) is 1. The molecule has 0 aliphatic heterocycles. The number of carbonyl (C=O) groups is 1. The number of amides is 1. The fourth-order valence-corrected chi connectivity index (χ4v) is 1.52. The summed E-state index contributed by atoms with van der Waals surface area (Å²) in [6.45, 7) is 3.82. The topological polar surface area (TPSA) is 49.3 Å². The van der Waals surface area contributed by atoms with Crippen LogP contribution in [0.1, 0.15) is 37.4 Å². The molecule has 0 heterocycles. The number of rotatable bonds is 5. The highest BCUT2D eigenvalue weighted by atomic mass is 16.3. The number of benzene rings is 1. The highest BCUT2D eigenvalue weighted by Gasteiger charge is 2.11. The molecule has 1 atom stereocenters. The van der Waals surface area contributed by atoms with E-state index in [0.717, 1.165) is 12.0 Å². The molecule has 0 radical (unpaired) electrons. The number of aryl methyl sites for hydroxylation is 1. The summed E-state index contributed by atoms with van der Waals surface area (Å²) >= 11 is 0. The smallest absolute Gasteiger partial charge is 0.220 e. The highest BCUT2D eigenvalue weighted by molar-refractivity contribution is 5.76. The number of hydrogen-bond acceptors (Lipinski definition) is 2. The van der Waals surface area contributed by atoms with Gasteiger partial charge in [-0.15, -0.1) is 0 Å². The zero-order chi connectivity index (χ0) is 12.0. The third kappa shape index (κ3) is 3.35. The molecule has 0 aromatic heterocycles. The van der Waals surface area contributed by atoms with Gasteiger partial charge in [0.15, 0.2) is 0 Å². The van der Waals surface area contributed by atoms with Gasteiger partial charge in [0.2, 0.25) is 5.91 Å². The Morgan fingerprint density at radius 2 is 1.94 bits per heavy atom. The van der Waals surface area contributed by atoms with E-state index in [-0.39, 0.29) is 18.6 Å². The van der Waals surface area contributed by atoms with Crippen molar-refractivity contribution in [3.05, 3.63) is 35.4 Å². The molecule has 1 unspecified atom stereocenters. The summed E-state index contributed by atoms with van der Waals surface area (Å²) in [7, 11) is 0. The molecule has 1 rings (SSSR count). The van der Waals surface area contributed by atoms with Crippen molar-refractivity contribution in [2.75, 3.05) is 6.61 Å². The predicted molar refractivity (Wildman–Crippen MR) is 64.1 cm³/mol. The van der Waals surface area contributed by atoms with Crippen molar-refractivity contribution in [1.29, 1.82) is 0 Å². The van der Waals surface area contributed by atoms with Gasteiger partial charge in [0.05, 0.1) is 12.6 Å². The van der Waals surface area contributed by atoms with Crippen LogP contribution in [0, 0.1) is 0 Å². The Bertz CT molecular complexity index is 332. The molecule has 0 saturated carbocycles. The Balaban J connectivity index is 2.74. The first-order valence-corrected chi connectivity index (χ1v) is 5.70. The molecular formula is C13H19NO2. The van der Waals surface area contributed by atoms with Gasteiger partial charge in [0, 0.05) is 6.42 Å². The molecular weight excluding hydrogens is 202 g/mol. The highest BCUT2D eigenvalue weighted by Crippen LogP contribution is 2.14. The van der Waals surface area contributed by atoms with Gasteiger partial charge in [0.25, 0.3) is 0 Å². The molecule has 0 spiro atoms. The van der Waals surface area contributed by atoms with Gasteiger partial charge in [-0.3, -0.25) is 4.79 Å². The Morgan fingerprint density at radius 1 is 1.31 bits per heavy atom. The molecule has 88 valence electrons. The van der Waals surface area contributed by atoms with E-state index in [0.29, 0.717) is 6.42 Å². The van der Waals surface area contributed by atoms with Gasteiger partial charge in [-0.25, -0.2) is 0 Å². The molecule has 1 aromatic carbocycles. The van der Waals surface area contributed by atoms with Gasteiger partial charge < -0.3 is 10.4 Å². The van der Waals surface area contributed by atoms with Crippen molar-refractivity contribution >= 4 is 5.91 Å². The second kappa shape index (κ2) is 6.28. The minimum absolute atomic E-state index is 0.0429. The standard InChI is InChI=1S/C13H19NO2/c1-3-10-5-7-11(8-6-10)12(9-15)14-13(16)4-2/h5-8,12,15H,3-4,9H2,1-2H3,(H,14,16). The van der Waals surface area contributed by atoms with E-state index >= 15 is 0 Å². The molecule has 0 fully saturated rings. The molecule has 3 nitrogen and oxygen atoms in total. The zero-order valence-corrected chi connectivity index (χ0v) is 9.86. The second-order valence-electron chi connectivity index (χ2n) is 3.75. The van der Waals surface area contributed by atoms with Crippen LogP contribution in [-0.2, 0) is 11.2 Å². The predicted octanol–water partition coefficient (Wildman–Crippen LogP) is 1.81. The largest absolute Gasteiger partial charge is 0.394 e. The number of aliphatic hydroxyl groups is 1. The average Bonchev–Trinajstić information content (AvgIpc) is 2.35. The van der Waals surface area contributed by atoms with E-state index in [4.69, 9.17) is 0 Å². The maximum absolute atomic E-state index is 11.3. The lowest BCUT2D eigenvalue weighted by molar-refractivity contribution is -0.121. The minimum Gasteiger partial charge on any atom is -0.394 e. The van der Waals surface area contributed by atoms with Gasteiger partial charge in [-0.1, -0.05) is 38.1 Å². The van der Waals surface area contributed by atoms with E-state index in [1.807, 2.05) is 24.3 Å². The lowest BCUT2D eigenvalue weighted by atomic mass is 10.0. The summed E-state index contributed by atoms with van der Waals surface area (Å²) in [6.07, 6.45) is 1.43. The van der Waals surface area contributed by atoms with Crippen LogP contribution in [-0.4, -0.2) is 17.6 Å². The van der Waals surface area contributed by atoms with E-state index in [2.05, 4.69) is 12.2 Å². The fraction of sp³-hybridized carbons (Fsp3) is 0.462. The van der Waals surface area contributed by atoms with Crippen molar-refractivity contribution in [2.45, 2.75) is 32.7 Å². The van der Waals surface area contributed by atoms with Crippen molar-refractivity contribution in [3.8, 4) is 0 Å². The summed E-state index contributed by atoms with van der Waals surface area (Å²) in [5.41, 5.74) is 2.20. The first-order chi connectivity index (χ1) is 7.71. The van der Waals surface area contributed by atoms with Crippen LogP contribution in [0.2, 0.25) is 0 Å². The quantitative estimate of drug-likeness (QED) is 0.796. The third-order valence-electron chi connectivity index (χ3n) is 2.63. The molecule has 0 aliphatic carbocycles. The summed E-state index contributed by atoms with van der Waals surface area (Å²) in [4.78, 5) is 11.3. The molecule has 16 heavy (non-hydrogen) atoms. The van der Waals surface area contributed by atoms with Crippen molar-refractivity contribution in [3.63, 3.8) is 0 Å².